The summed E-state index contributed by atoms with van der Waals surface area (Å²) in [6, 6.07) is 6.46. The first-order chi connectivity index (χ1) is 13.0. The van der Waals surface area contributed by atoms with Gasteiger partial charge >= 0.3 is 0 Å². The van der Waals surface area contributed by atoms with Gasteiger partial charge in [-0.25, -0.2) is 9.07 Å². The lowest BCUT2D eigenvalue weighted by molar-refractivity contribution is -0.121. The minimum absolute atomic E-state index is 0.0516. The number of nitrogens with zero attached hydrogens (tertiary/aromatic N) is 4. The van der Waals surface area contributed by atoms with Gasteiger partial charge in [0.2, 0.25) is 5.91 Å². The zero-order valence-corrected chi connectivity index (χ0v) is 15.7. The quantitative estimate of drug-likeness (QED) is 0.894. The third-order valence-electron chi connectivity index (χ3n) is 5.92. The number of benzene rings is 1. The third-order valence-corrected chi connectivity index (χ3v) is 5.92. The summed E-state index contributed by atoms with van der Waals surface area (Å²) >= 11 is 0. The van der Waals surface area contributed by atoms with E-state index in [1.165, 1.54) is 12.1 Å². The number of hydrogen-bond donors (Lipinski definition) is 1. The molecule has 2 fully saturated rings. The third kappa shape index (κ3) is 3.89. The van der Waals surface area contributed by atoms with Crippen LogP contribution >= 0.6 is 0 Å². The highest BCUT2D eigenvalue weighted by atomic mass is 19.1. The van der Waals surface area contributed by atoms with E-state index in [-0.39, 0.29) is 17.3 Å². The van der Waals surface area contributed by atoms with E-state index in [0.29, 0.717) is 6.42 Å². The lowest BCUT2D eigenvalue weighted by Gasteiger charge is -2.49. The number of halogens is 1. The molecule has 2 aliphatic heterocycles. The van der Waals surface area contributed by atoms with E-state index in [1.807, 2.05) is 18.5 Å². The van der Waals surface area contributed by atoms with E-state index in [2.05, 4.69) is 27.3 Å². The molecule has 0 saturated carbocycles. The highest BCUT2D eigenvalue weighted by molar-refractivity contribution is 5.76. The van der Waals surface area contributed by atoms with Crippen molar-refractivity contribution in [3.05, 3.63) is 48.0 Å². The molecule has 1 amide bonds. The topological polar surface area (TPSA) is 53.4 Å². The van der Waals surface area contributed by atoms with Crippen LogP contribution in [0.15, 0.2) is 36.7 Å². The van der Waals surface area contributed by atoms with E-state index in [1.54, 1.807) is 10.7 Å². The lowest BCUT2D eigenvalue weighted by Crippen LogP contribution is -2.60. The molecule has 27 heavy (non-hydrogen) atoms. The first-order valence-electron chi connectivity index (χ1n) is 9.54. The Labute approximate surface area is 158 Å². The van der Waals surface area contributed by atoms with Crippen LogP contribution in [0, 0.1) is 5.82 Å². The van der Waals surface area contributed by atoms with Gasteiger partial charge in [0.25, 0.3) is 0 Å². The van der Waals surface area contributed by atoms with Gasteiger partial charge in [-0.15, -0.1) is 0 Å². The average molecular weight is 371 g/mol. The van der Waals surface area contributed by atoms with Crippen LogP contribution in [0.5, 0.6) is 0 Å². The molecule has 7 heteroatoms. The second kappa shape index (κ2) is 7.40. The molecule has 1 N–H and O–H groups in total. The standard InChI is InChI=1S/C20H26FN5O/c1-24-9-10-25(15-20(24)6-5-19(27)22-8-7-20)13-16-12-23-26(14-16)18-4-2-3-17(21)11-18/h2-4,11-12,14H,5-10,13,15H2,1H3,(H,22,27)/t20-/m1/s1. The van der Waals surface area contributed by atoms with Crippen molar-refractivity contribution in [2.45, 2.75) is 31.3 Å². The zero-order valence-electron chi connectivity index (χ0n) is 15.7. The Hall–Kier alpha value is -2.25. The lowest BCUT2D eigenvalue weighted by atomic mass is 9.86. The van der Waals surface area contributed by atoms with Crippen molar-refractivity contribution >= 4 is 5.91 Å². The number of piperazine rings is 1. The number of aromatic nitrogens is 2. The van der Waals surface area contributed by atoms with Crippen molar-refractivity contribution < 1.29 is 9.18 Å². The fourth-order valence-electron chi connectivity index (χ4n) is 4.27. The van der Waals surface area contributed by atoms with E-state index < -0.39 is 0 Å². The SMILES string of the molecule is CN1CCN(Cc2cnn(-c3cccc(F)c3)c2)C[C@@]12CCNC(=O)CC2. The summed E-state index contributed by atoms with van der Waals surface area (Å²) in [5, 5.41) is 7.39. The first-order valence-corrected chi connectivity index (χ1v) is 9.54. The minimum Gasteiger partial charge on any atom is -0.356 e. The molecule has 6 nitrogen and oxygen atoms in total. The predicted molar refractivity (Wildman–Crippen MR) is 101 cm³/mol. The number of carbonyl (C=O) groups is 1. The fraction of sp³-hybridized carbons (Fsp3) is 0.500. The second-order valence-corrected chi connectivity index (χ2v) is 7.73. The Morgan fingerprint density at radius 3 is 3.04 bits per heavy atom. The Balaban J connectivity index is 1.46. The van der Waals surface area contributed by atoms with Gasteiger partial charge in [0.15, 0.2) is 0 Å². The van der Waals surface area contributed by atoms with Crippen molar-refractivity contribution in [3.63, 3.8) is 0 Å². The van der Waals surface area contributed by atoms with Gasteiger partial charge in [0, 0.05) is 56.4 Å². The fourth-order valence-corrected chi connectivity index (χ4v) is 4.27. The summed E-state index contributed by atoms with van der Waals surface area (Å²) in [5.41, 5.74) is 1.89. The predicted octanol–water partition coefficient (Wildman–Crippen LogP) is 1.80. The van der Waals surface area contributed by atoms with Gasteiger partial charge in [-0.05, 0) is 38.1 Å². The van der Waals surface area contributed by atoms with Gasteiger partial charge < -0.3 is 5.32 Å². The van der Waals surface area contributed by atoms with Gasteiger partial charge in [-0.1, -0.05) is 6.07 Å². The maximum atomic E-state index is 13.4. The molecule has 0 aliphatic carbocycles. The smallest absolute Gasteiger partial charge is 0.220 e. The van der Waals surface area contributed by atoms with Gasteiger partial charge in [-0.2, -0.15) is 5.10 Å². The molecule has 3 heterocycles. The molecule has 2 aliphatic rings. The van der Waals surface area contributed by atoms with Crippen LogP contribution in [0.25, 0.3) is 5.69 Å². The number of carbonyl (C=O) groups excluding carboxylic acids is 1. The summed E-state index contributed by atoms with van der Waals surface area (Å²) in [6.45, 7) is 4.49. The van der Waals surface area contributed by atoms with Crippen LogP contribution in [-0.4, -0.2) is 64.3 Å². The Kier molecular flexibility index (Phi) is 4.97. The van der Waals surface area contributed by atoms with Crippen LogP contribution in [0.2, 0.25) is 0 Å². The summed E-state index contributed by atoms with van der Waals surface area (Å²) in [7, 11) is 2.18. The van der Waals surface area contributed by atoms with Crippen molar-refractivity contribution in [2.24, 2.45) is 0 Å². The van der Waals surface area contributed by atoms with Crippen LogP contribution in [-0.2, 0) is 11.3 Å². The van der Waals surface area contributed by atoms with Crippen LogP contribution in [0.4, 0.5) is 4.39 Å². The normalized spacial score (nSPS) is 24.7. The molecule has 144 valence electrons. The van der Waals surface area contributed by atoms with Crippen LogP contribution < -0.4 is 5.32 Å². The summed E-state index contributed by atoms with van der Waals surface area (Å²) in [6.07, 6.45) is 6.30. The van der Waals surface area contributed by atoms with E-state index in [4.69, 9.17) is 0 Å². The number of nitrogens with one attached hydrogen (secondary N) is 1. The number of rotatable bonds is 3. The molecule has 0 bridgehead atoms. The summed E-state index contributed by atoms with van der Waals surface area (Å²) < 4.78 is 15.2. The summed E-state index contributed by atoms with van der Waals surface area (Å²) in [4.78, 5) is 16.6. The van der Waals surface area contributed by atoms with Crippen LogP contribution in [0.1, 0.15) is 24.8 Å². The number of likely N-dealkylation sites (N-methyl/N-ethyl adjacent to an activating group) is 1. The van der Waals surface area contributed by atoms with Gasteiger partial charge in [0.1, 0.15) is 5.82 Å². The molecule has 1 aromatic carbocycles. The van der Waals surface area contributed by atoms with Crippen molar-refractivity contribution in [1.29, 1.82) is 0 Å². The molecular weight excluding hydrogens is 345 g/mol. The van der Waals surface area contributed by atoms with Gasteiger partial charge in [-0.3, -0.25) is 14.6 Å². The molecule has 0 unspecified atom stereocenters. The number of hydrogen-bond acceptors (Lipinski definition) is 4. The monoisotopic (exact) mass is 371 g/mol. The Bertz CT molecular complexity index is 822. The first kappa shape index (κ1) is 18.1. The molecule has 2 aromatic rings. The second-order valence-electron chi connectivity index (χ2n) is 7.73. The van der Waals surface area contributed by atoms with Crippen molar-refractivity contribution in [3.8, 4) is 5.69 Å². The zero-order chi connectivity index (χ0) is 18.9. The molecular formula is C20H26FN5O. The number of amides is 1. The molecule has 1 aromatic heterocycles. The van der Waals surface area contributed by atoms with E-state index in [0.717, 1.165) is 56.8 Å². The average Bonchev–Trinajstić information content (AvgIpc) is 3.03. The molecule has 1 atom stereocenters. The van der Waals surface area contributed by atoms with E-state index >= 15 is 0 Å². The van der Waals surface area contributed by atoms with Crippen molar-refractivity contribution in [2.75, 3.05) is 33.2 Å². The van der Waals surface area contributed by atoms with Crippen LogP contribution in [0.3, 0.4) is 0 Å². The van der Waals surface area contributed by atoms with Gasteiger partial charge in [0.05, 0.1) is 11.9 Å². The van der Waals surface area contributed by atoms with E-state index in [9.17, 15) is 9.18 Å². The van der Waals surface area contributed by atoms with Crippen molar-refractivity contribution in [1.82, 2.24) is 24.9 Å². The molecule has 2 saturated heterocycles. The highest BCUT2D eigenvalue weighted by Gasteiger charge is 2.40. The maximum absolute atomic E-state index is 13.4. The highest BCUT2D eigenvalue weighted by Crippen LogP contribution is 2.31. The Morgan fingerprint density at radius 2 is 2.19 bits per heavy atom. The minimum atomic E-state index is -0.262. The molecule has 0 radical (unpaired) electrons. The summed E-state index contributed by atoms with van der Waals surface area (Å²) in [5.74, 6) is -0.101. The largest absolute Gasteiger partial charge is 0.356 e. The molecule has 1 spiro atoms. The Morgan fingerprint density at radius 1 is 1.30 bits per heavy atom. The maximum Gasteiger partial charge on any atom is 0.220 e. The molecule has 4 rings (SSSR count).